The molecule has 0 amide bonds. The van der Waals surface area contributed by atoms with Gasteiger partial charge in [-0.2, -0.15) is 0 Å². The summed E-state index contributed by atoms with van der Waals surface area (Å²) in [7, 11) is 0. The molecule has 0 saturated carbocycles. The summed E-state index contributed by atoms with van der Waals surface area (Å²) in [6.45, 7) is 8.01. The maximum atomic E-state index is 12.2. The lowest BCUT2D eigenvalue weighted by Crippen LogP contribution is -2.87. The van der Waals surface area contributed by atoms with Crippen LogP contribution in [0.4, 0.5) is 0 Å². The maximum absolute atomic E-state index is 12.2. The van der Waals surface area contributed by atoms with Gasteiger partial charge in [0.05, 0.1) is 44.4 Å². The number of thiocarbonyl (C=S) groups is 1. The van der Waals surface area contributed by atoms with Gasteiger partial charge in [-0.15, -0.1) is 11.3 Å². The third kappa shape index (κ3) is 5.09. The zero-order valence-electron chi connectivity index (χ0n) is 14.9. The van der Waals surface area contributed by atoms with Crippen molar-refractivity contribution in [3.63, 3.8) is 0 Å². The second kappa shape index (κ2) is 10.4. The number of allylic oxidation sites excluding steroid dienone is 1. The SMILES string of the molecule is C1COCC[NH2+]1.CCOC(=O)C1=C(C)NC(=S)C(=C=[N-])C1c1cccs1. The molecular weight excluding hydrogens is 370 g/mol. The van der Waals surface area contributed by atoms with Crippen LogP contribution < -0.4 is 10.6 Å². The Labute approximate surface area is 162 Å². The molecule has 1 aromatic heterocycles. The fourth-order valence-electron chi connectivity index (χ4n) is 2.71. The second-order valence-electron chi connectivity index (χ2n) is 5.67. The van der Waals surface area contributed by atoms with E-state index in [1.165, 1.54) is 11.3 Å². The number of hydrogen-bond acceptors (Lipinski definition) is 5. The van der Waals surface area contributed by atoms with Crippen molar-refractivity contribution in [2.24, 2.45) is 0 Å². The van der Waals surface area contributed by atoms with Crippen molar-refractivity contribution in [2.45, 2.75) is 19.8 Å². The molecule has 1 aromatic rings. The fourth-order valence-corrected chi connectivity index (χ4v) is 3.87. The van der Waals surface area contributed by atoms with Crippen molar-refractivity contribution in [3.05, 3.63) is 44.6 Å². The number of rotatable bonds is 3. The molecule has 0 bridgehead atoms. The molecule has 1 atom stereocenters. The highest BCUT2D eigenvalue weighted by Gasteiger charge is 2.35. The van der Waals surface area contributed by atoms with Gasteiger partial charge in [-0.25, -0.2) is 4.79 Å². The minimum atomic E-state index is -0.437. The average molecular weight is 394 g/mol. The van der Waals surface area contributed by atoms with Crippen LogP contribution in [0.1, 0.15) is 24.6 Å². The van der Waals surface area contributed by atoms with E-state index in [0.29, 0.717) is 28.4 Å². The second-order valence-corrected chi connectivity index (χ2v) is 7.05. The van der Waals surface area contributed by atoms with E-state index in [4.69, 9.17) is 21.7 Å². The lowest BCUT2D eigenvalue weighted by molar-refractivity contribution is -0.670. The molecule has 3 heterocycles. The summed E-state index contributed by atoms with van der Waals surface area (Å²) in [6.07, 6.45) is 0. The first kappa shape index (κ1) is 20.5. The fraction of sp³-hybridized carbons (Fsp3) is 0.444. The van der Waals surface area contributed by atoms with E-state index >= 15 is 0 Å². The van der Waals surface area contributed by atoms with Crippen molar-refractivity contribution in [1.29, 1.82) is 0 Å². The molecule has 0 aliphatic carbocycles. The van der Waals surface area contributed by atoms with Crippen molar-refractivity contribution >= 4 is 40.4 Å². The normalized spacial score (nSPS) is 19.8. The molecule has 0 spiro atoms. The number of carbonyl (C=O) groups excluding carboxylic acids is 1. The first-order chi connectivity index (χ1) is 12.6. The summed E-state index contributed by atoms with van der Waals surface area (Å²) in [5.41, 5.74) is 1.49. The van der Waals surface area contributed by atoms with E-state index in [1.54, 1.807) is 13.8 Å². The number of hydrogen-bond donors (Lipinski definition) is 2. The monoisotopic (exact) mass is 393 g/mol. The van der Waals surface area contributed by atoms with E-state index < -0.39 is 11.9 Å². The van der Waals surface area contributed by atoms with Crippen molar-refractivity contribution in [2.75, 3.05) is 32.9 Å². The van der Waals surface area contributed by atoms with Crippen molar-refractivity contribution < 1.29 is 19.6 Å². The molecule has 2 aliphatic rings. The Hall–Kier alpha value is -1.83. The van der Waals surface area contributed by atoms with E-state index in [-0.39, 0.29) is 0 Å². The van der Waals surface area contributed by atoms with Crippen LogP contribution in [0.5, 0.6) is 0 Å². The molecular formula is C18H23N3O3S2. The van der Waals surface area contributed by atoms with Gasteiger partial charge in [0, 0.05) is 16.1 Å². The Balaban J connectivity index is 0.000000342. The van der Waals surface area contributed by atoms with Gasteiger partial charge in [-0.3, -0.25) is 5.87 Å². The zero-order valence-corrected chi connectivity index (χ0v) is 16.5. The molecule has 1 fully saturated rings. The number of nitrogens with zero attached hydrogens (tertiary/aromatic N) is 1. The van der Waals surface area contributed by atoms with Crippen LogP contribution in [0.25, 0.3) is 5.41 Å². The molecule has 3 rings (SSSR count). The highest BCUT2D eigenvalue weighted by atomic mass is 32.1. The number of morpholine rings is 1. The van der Waals surface area contributed by atoms with Crippen LogP contribution in [0.15, 0.2) is 34.4 Å². The molecule has 1 saturated heterocycles. The van der Waals surface area contributed by atoms with Crippen LogP contribution in [-0.2, 0) is 14.3 Å². The van der Waals surface area contributed by atoms with E-state index in [2.05, 4.69) is 16.5 Å². The molecule has 6 nitrogen and oxygen atoms in total. The third-order valence-electron chi connectivity index (χ3n) is 3.90. The van der Waals surface area contributed by atoms with Gasteiger partial charge in [0.2, 0.25) is 0 Å². The summed E-state index contributed by atoms with van der Waals surface area (Å²) >= 11 is 6.70. The maximum Gasteiger partial charge on any atom is 0.336 e. The number of ether oxygens (including phenoxy) is 2. The summed E-state index contributed by atoms with van der Waals surface area (Å²) in [4.78, 5) is 13.5. The van der Waals surface area contributed by atoms with Gasteiger partial charge in [-0.1, -0.05) is 18.3 Å². The van der Waals surface area contributed by atoms with Gasteiger partial charge in [-0.05, 0) is 25.3 Å². The molecule has 26 heavy (non-hydrogen) atoms. The van der Waals surface area contributed by atoms with Gasteiger partial charge < -0.3 is 25.5 Å². The van der Waals surface area contributed by atoms with Gasteiger partial charge in [0.25, 0.3) is 0 Å². The smallest absolute Gasteiger partial charge is 0.336 e. The molecule has 140 valence electrons. The van der Waals surface area contributed by atoms with Crippen molar-refractivity contribution in [1.82, 2.24) is 5.32 Å². The lowest BCUT2D eigenvalue weighted by Gasteiger charge is -2.29. The first-order valence-corrected chi connectivity index (χ1v) is 9.77. The third-order valence-corrected chi connectivity index (χ3v) is 5.16. The van der Waals surface area contributed by atoms with E-state index in [1.807, 2.05) is 17.5 Å². The standard InChI is InChI=1S/C14H13N2O2S2.C4H9NO/c1-3-18-14(17)11-8(2)16-13(19)9(7-15)12(11)10-5-4-6-20-10;1-3-6-4-2-5-1/h4-6,12H,3H2,1-2H3,(H,16,19);5H,1-4H2/q-1;/p+1. The molecule has 8 heteroatoms. The Morgan fingerprint density at radius 2 is 2.27 bits per heavy atom. The predicted octanol–water partition coefficient (Wildman–Crippen LogP) is 1.34. The molecule has 0 radical (unpaired) electrons. The number of nitrogens with one attached hydrogen (secondary N) is 1. The summed E-state index contributed by atoms with van der Waals surface area (Å²) in [6, 6.07) is 3.78. The quantitative estimate of drug-likeness (QED) is 0.350. The Kier molecular flexibility index (Phi) is 8.15. The number of nitrogens with two attached hydrogens (primary N) is 1. The highest BCUT2D eigenvalue weighted by molar-refractivity contribution is 7.80. The minimum Gasteiger partial charge on any atom is -0.763 e. The molecule has 2 aliphatic heterocycles. The highest BCUT2D eigenvalue weighted by Crippen LogP contribution is 2.38. The Morgan fingerprint density at radius 1 is 1.54 bits per heavy atom. The zero-order chi connectivity index (χ0) is 18.9. The Morgan fingerprint density at radius 3 is 2.73 bits per heavy atom. The first-order valence-electron chi connectivity index (χ1n) is 8.49. The van der Waals surface area contributed by atoms with E-state index in [9.17, 15) is 10.2 Å². The number of esters is 1. The van der Waals surface area contributed by atoms with Gasteiger partial charge >= 0.3 is 5.97 Å². The van der Waals surface area contributed by atoms with Crippen LogP contribution in [0, 0.1) is 0 Å². The molecule has 3 N–H and O–H groups in total. The number of thiophene rings is 1. The number of carbonyl (C=O) groups is 1. The topological polar surface area (TPSA) is 86.5 Å². The molecule has 1 unspecified atom stereocenters. The minimum absolute atomic E-state index is 0.291. The Bertz CT molecular complexity index is 707. The van der Waals surface area contributed by atoms with Crippen molar-refractivity contribution in [3.8, 4) is 0 Å². The van der Waals surface area contributed by atoms with Gasteiger partial charge in [0.1, 0.15) is 4.99 Å². The summed E-state index contributed by atoms with van der Waals surface area (Å²) < 4.78 is 10.1. The van der Waals surface area contributed by atoms with Crippen LogP contribution in [-0.4, -0.2) is 49.7 Å². The largest absolute Gasteiger partial charge is 0.763 e. The summed E-state index contributed by atoms with van der Waals surface area (Å²) in [5.74, 6) is 1.27. The summed E-state index contributed by atoms with van der Waals surface area (Å²) in [5, 5.41) is 16.5. The number of quaternary nitrogens is 1. The van der Waals surface area contributed by atoms with E-state index in [0.717, 1.165) is 31.2 Å². The average Bonchev–Trinajstić information content (AvgIpc) is 3.17. The van der Waals surface area contributed by atoms with Crippen LogP contribution in [0.2, 0.25) is 0 Å². The van der Waals surface area contributed by atoms with Crippen LogP contribution in [0.3, 0.4) is 0 Å². The lowest BCUT2D eigenvalue weighted by atomic mass is 9.86. The predicted molar refractivity (Wildman–Crippen MR) is 106 cm³/mol. The van der Waals surface area contributed by atoms with Gasteiger partial charge in [0.15, 0.2) is 0 Å². The van der Waals surface area contributed by atoms with Crippen LogP contribution >= 0.6 is 23.6 Å². The molecule has 0 aromatic carbocycles.